The second kappa shape index (κ2) is 4.03. The van der Waals surface area contributed by atoms with Crippen LogP contribution in [0, 0.1) is 6.92 Å². The molecule has 80 valence electrons. The van der Waals surface area contributed by atoms with E-state index in [1.807, 2.05) is 25.1 Å². The lowest BCUT2D eigenvalue weighted by atomic mass is 9.98. The second-order valence-corrected chi connectivity index (χ2v) is 3.78. The Morgan fingerprint density at radius 3 is 2.87 bits per heavy atom. The number of carbonyl (C=O) groups is 1. The standard InChI is InChI=1S/C12H15NO2/c1-8-9(4-3-5-11(8)15-2)12-10(14)6-7-13-12/h3-5,12-13H,6-7H2,1-2H3/t12-/m1/s1. The molecule has 1 fully saturated rings. The quantitative estimate of drug-likeness (QED) is 0.797. The van der Waals surface area contributed by atoms with Gasteiger partial charge in [0.05, 0.1) is 13.2 Å². The van der Waals surface area contributed by atoms with Gasteiger partial charge in [-0.1, -0.05) is 12.1 Å². The maximum absolute atomic E-state index is 11.6. The van der Waals surface area contributed by atoms with Crippen molar-refractivity contribution >= 4 is 5.78 Å². The lowest BCUT2D eigenvalue weighted by Crippen LogP contribution is -2.18. The second-order valence-electron chi connectivity index (χ2n) is 3.78. The number of carbonyl (C=O) groups excluding carboxylic acids is 1. The van der Waals surface area contributed by atoms with Crippen LogP contribution in [0.4, 0.5) is 0 Å². The van der Waals surface area contributed by atoms with Gasteiger partial charge in [-0.2, -0.15) is 0 Å². The number of rotatable bonds is 2. The average molecular weight is 205 g/mol. The Morgan fingerprint density at radius 1 is 1.47 bits per heavy atom. The highest BCUT2D eigenvalue weighted by Crippen LogP contribution is 2.28. The van der Waals surface area contributed by atoms with E-state index in [9.17, 15) is 4.79 Å². The lowest BCUT2D eigenvalue weighted by Gasteiger charge is -2.14. The summed E-state index contributed by atoms with van der Waals surface area (Å²) in [6.45, 7) is 2.77. The molecule has 0 saturated carbocycles. The predicted octanol–water partition coefficient (Wildman–Crippen LogP) is 1.61. The molecule has 2 rings (SSSR count). The number of hydrogen-bond donors (Lipinski definition) is 1. The molecule has 1 N–H and O–H groups in total. The zero-order valence-corrected chi connectivity index (χ0v) is 9.04. The third kappa shape index (κ3) is 1.75. The van der Waals surface area contributed by atoms with E-state index in [1.165, 1.54) is 0 Å². The summed E-state index contributed by atoms with van der Waals surface area (Å²) in [5.41, 5.74) is 2.09. The topological polar surface area (TPSA) is 38.3 Å². The number of methoxy groups -OCH3 is 1. The van der Waals surface area contributed by atoms with Gasteiger partial charge in [-0.05, 0) is 24.1 Å². The number of Topliss-reactive ketones (excluding diaryl/α,β-unsaturated/α-hetero) is 1. The molecule has 1 atom stereocenters. The van der Waals surface area contributed by atoms with Gasteiger partial charge in [0.2, 0.25) is 0 Å². The molecule has 3 heteroatoms. The summed E-state index contributed by atoms with van der Waals surface area (Å²) >= 11 is 0. The maximum Gasteiger partial charge on any atom is 0.155 e. The Hall–Kier alpha value is -1.35. The van der Waals surface area contributed by atoms with Gasteiger partial charge in [-0.3, -0.25) is 4.79 Å². The van der Waals surface area contributed by atoms with Crippen LogP contribution in [-0.2, 0) is 4.79 Å². The van der Waals surface area contributed by atoms with E-state index in [-0.39, 0.29) is 11.8 Å². The van der Waals surface area contributed by atoms with Crippen LogP contribution in [0.25, 0.3) is 0 Å². The highest BCUT2D eigenvalue weighted by atomic mass is 16.5. The molecule has 1 aromatic carbocycles. The summed E-state index contributed by atoms with van der Waals surface area (Å²) in [6.07, 6.45) is 0.626. The van der Waals surface area contributed by atoms with Crippen molar-refractivity contribution in [3.05, 3.63) is 29.3 Å². The number of hydrogen-bond acceptors (Lipinski definition) is 3. The van der Waals surface area contributed by atoms with Gasteiger partial charge in [0, 0.05) is 13.0 Å². The van der Waals surface area contributed by atoms with E-state index in [4.69, 9.17) is 4.74 Å². The summed E-state index contributed by atoms with van der Waals surface area (Å²) < 4.78 is 5.24. The molecule has 3 nitrogen and oxygen atoms in total. The minimum atomic E-state index is -0.139. The summed E-state index contributed by atoms with van der Waals surface area (Å²) in [5, 5.41) is 3.21. The molecule has 0 radical (unpaired) electrons. The Balaban J connectivity index is 2.39. The van der Waals surface area contributed by atoms with Crippen molar-refractivity contribution in [1.82, 2.24) is 5.32 Å². The van der Waals surface area contributed by atoms with Gasteiger partial charge < -0.3 is 10.1 Å². The lowest BCUT2D eigenvalue weighted by molar-refractivity contribution is -0.118. The van der Waals surface area contributed by atoms with Crippen molar-refractivity contribution in [3.63, 3.8) is 0 Å². The zero-order valence-electron chi connectivity index (χ0n) is 9.04. The monoisotopic (exact) mass is 205 g/mol. The van der Waals surface area contributed by atoms with Gasteiger partial charge in [0.25, 0.3) is 0 Å². The summed E-state index contributed by atoms with van der Waals surface area (Å²) in [5.74, 6) is 1.11. The number of ether oxygens (including phenoxy) is 1. The van der Waals surface area contributed by atoms with Crippen LogP contribution in [0.5, 0.6) is 5.75 Å². The van der Waals surface area contributed by atoms with Crippen LogP contribution in [0.3, 0.4) is 0 Å². The van der Waals surface area contributed by atoms with Crippen molar-refractivity contribution < 1.29 is 9.53 Å². The van der Waals surface area contributed by atoms with Crippen molar-refractivity contribution in [3.8, 4) is 5.75 Å². The molecule has 1 aliphatic rings. The molecular formula is C12H15NO2. The highest BCUT2D eigenvalue weighted by molar-refractivity contribution is 5.87. The third-order valence-corrected chi connectivity index (χ3v) is 2.90. The summed E-state index contributed by atoms with van der Waals surface area (Å²) in [4.78, 5) is 11.6. The zero-order chi connectivity index (χ0) is 10.8. The number of benzene rings is 1. The fourth-order valence-corrected chi connectivity index (χ4v) is 2.05. The first-order chi connectivity index (χ1) is 7.24. The van der Waals surface area contributed by atoms with Crippen LogP contribution < -0.4 is 10.1 Å². The first kappa shape index (κ1) is 10.2. The van der Waals surface area contributed by atoms with Crippen molar-refractivity contribution in [2.45, 2.75) is 19.4 Å². The van der Waals surface area contributed by atoms with Crippen LogP contribution >= 0.6 is 0 Å². The molecule has 0 amide bonds. The van der Waals surface area contributed by atoms with E-state index in [1.54, 1.807) is 7.11 Å². The molecule has 1 aliphatic heterocycles. The molecular weight excluding hydrogens is 190 g/mol. The Bertz CT molecular complexity index is 387. The van der Waals surface area contributed by atoms with Gasteiger partial charge in [0.15, 0.2) is 5.78 Å². The van der Waals surface area contributed by atoms with Gasteiger partial charge in [-0.25, -0.2) is 0 Å². The first-order valence-corrected chi connectivity index (χ1v) is 5.13. The van der Waals surface area contributed by atoms with Crippen molar-refractivity contribution in [1.29, 1.82) is 0 Å². The molecule has 1 heterocycles. The van der Waals surface area contributed by atoms with Gasteiger partial charge >= 0.3 is 0 Å². The molecule has 0 bridgehead atoms. The van der Waals surface area contributed by atoms with Crippen LogP contribution in [0.1, 0.15) is 23.6 Å². The fourth-order valence-electron chi connectivity index (χ4n) is 2.05. The van der Waals surface area contributed by atoms with Gasteiger partial charge in [-0.15, -0.1) is 0 Å². The molecule has 0 aliphatic carbocycles. The molecule has 1 aromatic rings. The Labute approximate surface area is 89.4 Å². The average Bonchev–Trinajstić information content (AvgIpc) is 2.65. The van der Waals surface area contributed by atoms with E-state index < -0.39 is 0 Å². The minimum absolute atomic E-state index is 0.139. The molecule has 0 spiro atoms. The first-order valence-electron chi connectivity index (χ1n) is 5.13. The van der Waals surface area contributed by atoms with Crippen LogP contribution in [0.2, 0.25) is 0 Å². The van der Waals surface area contributed by atoms with E-state index >= 15 is 0 Å². The number of ketones is 1. The highest BCUT2D eigenvalue weighted by Gasteiger charge is 2.27. The summed E-state index contributed by atoms with van der Waals surface area (Å²) in [7, 11) is 1.65. The predicted molar refractivity (Wildman–Crippen MR) is 58.1 cm³/mol. The SMILES string of the molecule is COc1cccc([C@H]2NCCC2=O)c1C. The largest absolute Gasteiger partial charge is 0.496 e. The number of nitrogens with one attached hydrogen (secondary N) is 1. The van der Waals surface area contributed by atoms with E-state index in [2.05, 4.69) is 5.32 Å². The van der Waals surface area contributed by atoms with Crippen molar-refractivity contribution in [2.75, 3.05) is 13.7 Å². The van der Waals surface area contributed by atoms with Gasteiger partial charge in [0.1, 0.15) is 5.75 Å². The molecule has 15 heavy (non-hydrogen) atoms. The fraction of sp³-hybridized carbons (Fsp3) is 0.417. The van der Waals surface area contributed by atoms with Crippen LogP contribution in [0.15, 0.2) is 18.2 Å². The smallest absolute Gasteiger partial charge is 0.155 e. The minimum Gasteiger partial charge on any atom is -0.496 e. The van der Waals surface area contributed by atoms with E-state index in [0.717, 1.165) is 23.4 Å². The maximum atomic E-state index is 11.6. The Kier molecular flexibility index (Phi) is 2.73. The Morgan fingerprint density at radius 2 is 2.27 bits per heavy atom. The van der Waals surface area contributed by atoms with Crippen molar-refractivity contribution in [2.24, 2.45) is 0 Å². The molecule has 0 aromatic heterocycles. The summed E-state index contributed by atoms with van der Waals surface area (Å²) in [6, 6.07) is 5.69. The normalized spacial score (nSPS) is 20.7. The molecule has 0 unspecified atom stereocenters. The van der Waals surface area contributed by atoms with E-state index in [0.29, 0.717) is 6.42 Å². The third-order valence-electron chi connectivity index (χ3n) is 2.90. The van der Waals surface area contributed by atoms with Crippen LogP contribution in [-0.4, -0.2) is 19.4 Å². The molecule has 1 saturated heterocycles.